The van der Waals surface area contributed by atoms with E-state index in [9.17, 15) is 8.42 Å². The lowest BCUT2D eigenvalue weighted by molar-refractivity contribution is 0.596. The number of nitrogens with one attached hydrogen (secondary N) is 1. The van der Waals surface area contributed by atoms with Crippen molar-refractivity contribution < 1.29 is 8.42 Å². The van der Waals surface area contributed by atoms with E-state index in [0.29, 0.717) is 5.69 Å². The van der Waals surface area contributed by atoms with Crippen LogP contribution in [0.25, 0.3) is 10.9 Å². The van der Waals surface area contributed by atoms with E-state index in [-0.39, 0.29) is 9.79 Å². The van der Waals surface area contributed by atoms with Crippen LogP contribution in [0.15, 0.2) is 94.9 Å². The van der Waals surface area contributed by atoms with Crippen molar-refractivity contribution in [3.8, 4) is 0 Å². The molecule has 1 N–H and O–H groups in total. The smallest absolute Gasteiger partial charge is 0.210 e. The third kappa shape index (κ3) is 3.29. The van der Waals surface area contributed by atoms with Crippen molar-refractivity contribution in [2.45, 2.75) is 16.7 Å². The second kappa shape index (κ2) is 6.85. The number of aryl methyl sites for hydroxylation is 1. The van der Waals surface area contributed by atoms with Gasteiger partial charge in [-0.3, -0.25) is 4.98 Å². The van der Waals surface area contributed by atoms with Gasteiger partial charge in [0.15, 0.2) is 0 Å². The maximum absolute atomic E-state index is 13.3. The van der Waals surface area contributed by atoms with Crippen molar-refractivity contribution >= 4 is 32.1 Å². The lowest BCUT2D eigenvalue weighted by Crippen LogP contribution is -2.07. The Bertz CT molecular complexity index is 1200. The Balaban J connectivity index is 1.94. The molecule has 0 aliphatic rings. The summed E-state index contributed by atoms with van der Waals surface area (Å²) in [6.07, 6.45) is 1.43. The summed E-state index contributed by atoms with van der Waals surface area (Å²) in [7, 11) is -3.72. The van der Waals surface area contributed by atoms with Crippen LogP contribution in [0.1, 0.15) is 5.56 Å². The van der Waals surface area contributed by atoms with Crippen LogP contribution in [-0.4, -0.2) is 13.4 Å². The lowest BCUT2D eigenvalue weighted by Gasteiger charge is -2.15. The van der Waals surface area contributed by atoms with Crippen molar-refractivity contribution in [2.75, 3.05) is 5.32 Å². The molecule has 4 nitrogen and oxygen atoms in total. The van der Waals surface area contributed by atoms with Crippen molar-refractivity contribution in [1.82, 2.24) is 4.98 Å². The van der Waals surface area contributed by atoms with E-state index in [1.807, 2.05) is 61.5 Å². The zero-order valence-electron chi connectivity index (χ0n) is 14.8. The van der Waals surface area contributed by atoms with Crippen LogP contribution in [0, 0.1) is 6.92 Å². The number of sulfone groups is 1. The molecule has 4 rings (SSSR count). The highest BCUT2D eigenvalue weighted by atomic mass is 32.2. The lowest BCUT2D eigenvalue weighted by atomic mass is 10.2. The molecule has 0 bridgehead atoms. The summed E-state index contributed by atoms with van der Waals surface area (Å²) in [6, 6.07) is 23.9. The summed E-state index contributed by atoms with van der Waals surface area (Å²) >= 11 is 0. The molecule has 0 spiro atoms. The number of hydrogen-bond donors (Lipinski definition) is 1. The molecule has 0 unspecified atom stereocenters. The number of fused-ring (bicyclic) bond motifs is 1. The summed E-state index contributed by atoms with van der Waals surface area (Å²) in [6.45, 7) is 1.93. The normalized spacial score (nSPS) is 11.4. The number of para-hydroxylation sites is 2. The van der Waals surface area contributed by atoms with E-state index < -0.39 is 9.84 Å². The van der Waals surface area contributed by atoms with E-state index >= 15 is 0 Å². The van der Waals surface area contributed by atoms with Gasteiger partial charge >= 0.3 is 0 Å². The first-order chi connectivity index (χ1) is 13.1. The highest BCUT2D eigenvalue weighted by Gasteiger charge is 2.24. The van der Waals surface area contributed by atoms with Crippen LogP contribution in [0.4, 0.5) is 11.4 Å². The zero-order chi connectivity index (χ0) is 18.9. The molecule has 27 heavy (non-hydrogen) atoms. The molecular weight excluding hydrogens is 356 g/mol. The fourth-order valence-electron chi connectivity index (χ4n) is 2.97. The molecule has 4 aromatic rings. The standard InChI is InChI=1S/C22H18N2O2S/c1-16-11-13-18(14-12-16)27(25,26)21-15-23-20-10-6-5-9-19(20)22(21)24-17-7-3-2-4-8-17/h2-15H,1H3,(H,23,24). The van der Waals surface area contributed by atoms with Crippen molar-refractivity contribution in [3.63, 3.8) is 0 Å². The topological polar surface area (TPSA) is 59.1 Å². The minimum atomic E-state index is -3.72. The van der Waals surface area contributed by atoms with Gasteiger partial charge in [-0.15, -0.1) is 0 Å². The number of anilines is 2. The second-order valence-electron chi connectivity index (χ2n) is 6.32. The molecule has 3 aromatic carbocycles. The van der Waals surface area contributed by atoms with Gasteiger partial charge in [-0.2, -0.15) is 0 Å². The van der Waals surface area contributed by atoms with Crippen LogP contribution >= 0.6 is 0 Å². The number of aromatic nitrogens is 1. The summed E-state index contributed by atoms with van der Waals surface area (Å²) in [5.74, 6) is 0. The predicted octanol–water partition coefficient (Wildman–Crippen LogP) is 5.12. The van der Waals surface area contributed by atoms with Gasteiger partial charge < -0.3 is 5.32 Å². The second-order valence-corrected chi connectivity index (χ2v) is 8.24. The molecular formula is C22H18N2O2S. The Morgan fingerprint density at radius 2 is 1.48 bits per heavy atom. The quantitative estimate of drug-likeness (QED) is 0.539. The van der Waals surface area contributed by atoms with E-state index in [2.05, 4.69) is 10.3 Å². The minimum Gasteiger partial charge on any atom is -0.354 e. The molecule has 0 saturated carbocycles. The monoisotopic (exact) mass is 374 g/mol. The molecule has 1 aromatic heterocycles. The van der Waals surface area contributed by atoms with Gasteiger partial charge in [0.2, 0.25) is 9.84 Å². The number of rotatable bonds is 4. The van der Waals surface area contributed by atoms with Crippen molar-refractivity contribution in [1.29, 1.82) is 0 Å². The highest BCUT2D eigenvalue weighted by molar-refractivity contribution is 7.91. The number of hydrogen-bond acceptors (Lipinski definition) is 4. The van der Waals surface area contributed by atoms with Crippen molar-refractivity contribution in [2.24, 2.45) is 0 Å². The van der Waals surface area contributed by atoms with Gasteiger partial charge in [-0.05, 0) is 37.3 Å². The van der Waals surface area contributed by atoms with E-state index in [1.54, 1.807) is 24.3 Å². The van der Waals surface area contributed by atoms with Crippen LogP contribution in [0.3, 0.4) is 0 Å². The van der Waals surface area contributed by atoms with E-state index in [0.717, 1.165) is 22.2 Å². The molecule has 0 aliphatic heterocycles. The van der Waals surface area contributed by atoms with E-state index in [4.69, 9.17) is 0 Å². The Hall–Kier alpha value is -3.18. The highest BCUT2D eigenvalue weighted by Crippen LogP contribution is 2.34. The van der Waals surface area contributed by atoms with Gasteiger partial charge in [-0.25, -0.2) is 8.42 Å². The van der Waals surface area contributed by atoms with Gasteiger partial charge in [0.1, 0.15) is 4.90 Å². The average Bonchev–Trinajstić information content (AvgIpc) is 2.69. The third-order valence-electron chi connectivity index (χ3n) is 4.40. The molecule has 0 amide bonds. The van der Waals surface area contributed by atoms with Crippen LogP contribution < -0.4 is 5.32 Å². The largest absolute Gasteiger partial charge is 0.354 e. The molecule has 0 saturated heterocycles. The number of nitrogens with zero attached hydrogens (tertiary/aromatic N) is 1. The first kappa shape index (κ1) is 17.2. The third-order valence-corrected chi connectivity index (χ3v) is 6.19. The fourth-order valence-corrected chi connectivity index (χ4v) is 4.34. The minimum absolute atomic E-state index is 0.161. The molecule has 0 fully saturated rings. The molecule has 0 radical (unpaired) electrons. The van der Waals surface area contributed by atoms with E-state index in [1.165, 1.54) is 6.20 Å². The summed E-state index contributed by atoms with van der Waals surface area (Å²) in [5.41, 5.74) is 3.09. The van der Waals surface area contributed by atoms with Crippen molar-refractivity contribution in [3.05, 3.63) is 90.6 Å². The zero-order valence-corrected chi connectivity index (χ0v) is 15.6. The molecule has 134 valence electrons. The Kier molecular flexibility index (Phi) is 4.38. The average molecular weight is 374 g/mol. The Labute approximate surface area is 158 Å². The predicted molar refractivity (Wildman–Crippen MR) is 108 cm³/mol. The SMILES string of the molecule is Cc1ccc(S(=O)(=O)c2cnc3ccccc3c2Nc2ccccc2)cc1. The number of pyridine rings is 1. The Morgan fingerprint density at radius 3 is 2.22 bits per heavy atom. The maximum Gasteiger partial charge on any atom is 0.210 e. The van der Waals surface area contributed by atoms with Crippen LogP contribution in [0.2, 0.25) is 0 Å². The number of benzene rings is 3. The van der Waals surface area contributed by atoms with Gasteiger partial charge in [-0.1, -0.05) is 54.1 Å². The van der Waals surface area contributed by atoms with Gasteiger partial charge in [0, 0.05) is 17.3 Å². The first-order valence-electron chi connectivity index (χ1n) is 8.57. The maximum atomic E-state index is 13.3. The molecule has 0 aliphatic carbocycles. The molecule has 0 atom stereocenters. The first-order valence-corrected chi connectivity index (χ1v) is 10.1. The van der Waals surface area contributed by atoms with Gasteiger partial charge in [0.05, 0.1) is 16.1 Å². The summed E-state index contributed by atoms with van der Waals surface area (Å²) < 4.78 is 26.6. The molecule has 5 heteroatoms. The summed E-state index contributed by atoms with van der Waals surface area (Å²) in [5, 5.41) is 4.04. The fraction of sp³-hybridized carbons (Fsp3) is 0.0455. The molecule has 1 heterocycles. The van der Waals surface area contributed by atoms with Crippen LogP contribution in [-0.2, 0) is 9.84 Å². The van der Waals surface area contributed by atoms with Crippen LogP contribution in [0.5, 0.6) is 0 Å². The Morgan fingerprint density at radius 1 is 0.815 bits per heavy atom. The van der Waals surface area contributed by atoms with Gasteiger partial charge in [0.25, 0.3) is 0 Å². The summed E-state index contributed by atoms with van der Waals surface area (Å²) in [4.78, 5) is 4.79.